The van der Waals surface area contributed by atoms with Crippen LogP contribution in [-0.4, -0.2) is 44.1 Å². The Morgan fingerprint density at radius 3 is 2.52 bits per heavy atom. The van der Waals surface area contributed by atoms with Gasteiger partial charge in [-0.1, -0.05) is 26.2 Å². The van der Waals surface area contributed by atoms with Crippen LogP contribution in [0.15, 0.2) is 23.1 Å². The highest BCUT2D eigenvalue weighted by Gasteiger charge is 2.24. The number of sulfone groups is 1. The topological polar surface area (TPSA) is 133 Å². The predicted molar refractivity (Wildman–Crippen MR) is 98.2 cm³/mol. The van der Waals surface area contributed by atoms with Crippen molar-refractivity contribution in [2.24, 2.45) is 0 Å². The summed E-state index contributed by atoms with van der Waals surface area (Å²) in [6.07, 6.45) is 4.76. The third kappa shape index (κ3) is 7.33. The molecule has 0 unspecified atom stereocenters. The molecule has 0 bridgehead atoms. The van der Waals surface area contributed by atoms with E-state index >= 15 is 0 Å². The van der Waals surface area contributed by atoms with E-state index < -0.39 is 43.8 Å². The molecule has 0 aliphatic rings. The molecule has 9 nitrogen and oxygen atoms in total. The average molecular weight is 400 g/mol. The number of hydrogen-bond acceptors (Lipinski definition) is 7. The molecule has 0 heterocycles. The van der Waals surface area contributed by atoms with Crippen LogP contribution < -0.4 is 5.32 Å². The van der Waals surface area contributed by atoms with Crippen LogP contribution in [0.5, 0.6) is 0 Å². The molecule has 0 aliphatic heterocycles. The maximum atomic E-state index is 12.0. The van der Waals surface area contributed by atoms with Crippen LogP contribution in [0.3, 0.4) is 0 Å². The highest BCUT2D eigenvalue weighted by molar-refractivity contribution is 7.90. The van der Waals surface area contributed by atoms with E-state index in [-0.39, 0.29) is 11.6 Å². The fourth-order valence-corrected chi connectivity index (χ4v) is 3.23. The van der Waals surface area contributed by atoms with Crippen molar-refractivity contribution in [1.82, 2.24) is 5.32 Å². The van der Waals surface area contributed by atoms with Gasteiger partial charge in [0.2, 0.25) is 0 Å². The summed E-state index contributed by atoms with van der Waals surface area (Å²) in [5, 5.41) is 13.8. The van der Waals surface area contributed by atoms with Crippen molar-refractivity contribution in [1.29, 1.82) is 0 Å². The third-order valence-electron chi connectivity index (χ3n) is 3.77. The van der Waals surface area contributed by atoms with Gasteiger partial charge in [-0.3, -0.25) is 14.9 Å². The molecule has 1 amide bonds. The summed E-state index contributed by atoms with van der Waals surface area (Å²) in [6, 6.07) is 2.85. The van der Waals surface area contributed by atoms with Crippen molar-refractivity contribution in [3.63, 3.8) is 0 Å². The molecule has 0 aromatic heterocycles. The molecule has 0 fully saturated rings. The van der Waals surface area contributed by atoms with Crippen molar-refractivity contribution < 1.29 is 27.7 Å². The summed E-state index contributed by atoms with van der Waals surface area (Å²) < 4.78 is 28.0. The van der Waals surface area contributed by atoms with Crippen LogP contribution >= 0.6 is 0 Å². The molecule has 1 aromatic rings. The second kappa shape index (κ2) is 10.0. The lowest BCUT2D eigenvalue weighted by molar-refractivity contribution is -0.387. The van der Waals surface area contributed by atoms with Crippen LogP contribution in [0, 0.1) is 10.1 Å². The molecule has 0 saturated heterocycles. The standard InChI is InChI=1S/C17H24N2O7S/c1-4-5-6-7-12(2)18-16(20)11-26-17(21)13-8-9-15(27(3,24)25)14(10-13)19(22)23/h8-10,12H,4-7,11H2,1-3H3,(H,18,20)/t12-/m1/s1. The molecule has 0 radical (unpaired) electrons. The predicted octanol–water partition coefficient (Wildman–Crippen LogP) is 2.24. The Kier molecular flexibility index (Phi) is 8.35. The monoisotopic (exact) mass is 400 g/mol. The van der Waals surface area contributed by atoms with E-state index in [1.54, 1.807) is 0 Å². The van der Waals surface area contributed by atoms with E-state index in [0.29, 0.717) is 0 Å². The van der Waals surface area contributed by atoms with E-state index in [0.717, 1.165) is 50.1 Å². The molecular formula is C17H24N2O7S. The average Bonchev–Trinajstić information content (AvgIpc) is 2.58. The van der Waals surface area contributed by atoms with Gasteiger partial charge in [0.25, 0.3) is 11.6 Å². The Hall–Kier alpha value is -2.49. The number of nitro groups is 1. The number of ether oxygens (including phenoxy) is 1. The minimum absolute atomic E-state index is 0.0575. The van der Waals surface area contributed by atoms with Gasteiger partial charge in [-0.2, -0.15) is 0 Å². The zero-order valence-electron chi connectivity index (χ0n) is 15.6. The second-order valence-electron chi connectivity index (χ2n) is 6.25. The molecular weight excluding hydrogens is 376 g/mol. The first-order valence-corrected chi connectivity index (χ1v) is 10.4. The number of unbranched alkanes of at least 4 members (excludes halogenated alkanes) is 2. The summed E-state index contributed by atoms with van der Waals surface area (Å²) in [4.78, 5) is 33.5. The summed E-state index contributed by atoms with van der Waals surface area (Å²) in [5.41, 5.74) is -0.932. The third-order valence-corrected chi connectivity index (χ3v) is 4.92. The first-order chi connectivity index (χ1) is 12.6. The molecule has 1 rings (SSSR count). The SMILES string of the molecule is CCCCC[C@@H](C)NC(=O)COC(=O)c1ccc(S(C)(=O)=O)c([N+](=O)[O-])c1. The molecule has 1 N–H and O–H groups in total. The molecule has 1 aromatic carbocycles. The number of esters is 1. The molecule has 0 spiro atoms. The largest absolute Gasteiger partial charge is 0.452 e. The van der Waals surface area contributed by atoms with Crippen LogP contribution in [0.2, 0.25) is 0 Å². The Bertz CT molecular complexity index is 805. The van der Waals surface area contributed by atoms with Crippen molar-refractivity contribution in [3.8, 4) is 0 Å². The molecule has 150 valence electrons. The van der Waals surface area contributed by atoms with Crippen molar-refractivity contribution >= 4 is 27.4 Å². The van der Waals surface area contributed by atoms with E-state index in [1.807, 2.05) is 6.92 Å². The van der Waals surface area contributed by atoms with Crippen LogP contribution in [0.25, 0.3) is 0 Å². The van der Waals surface area contributed by atoms with Gasteiger partial charge in [0.05, 0.1) is 10.5 Å². The van der Waals surface area contributed by atoms with Gasteiger partial charge in [-0.15, -0.1) is 0 Å². The van der Waals surface area contributed by atoms with Crippen LogP contribution in [-0.2, 0) is 19.4 Å². The maximum Gasteiger partial charge on any atom is 0.338 e. The number of benzene rings is 1. The van der Waals surface area contributed by atoms with E-state index in [9.17, 15) is 28.1 Å². The van der Waals surface area contributed by atoms with Crippen LogP contribution in [0.4, 0.5) is 5.69 Å². The number of nitrogens with zero attached hydrogens (tertiary/aromatic N) is 1. The Balaban J connectivity index is 2.71. The van der Waals surface area contributed by atoms with Crippen LogP contribution in [0.1, 0.15) is 49.9 Å². The Morgan fingerprint density at radius 2 is 1.96 bits per heavy atom. The highest BCUT2D eigenvalue weighted by Crippen LogP contribution is 2.25. The molecule has 1 atom stereocenters. The van der Waals surface area contributed by atoms with Crippen molar-refractivity contribution in [2.45, 2.75) is 50.5 Å². The second-order valence-corrected chi connectivity index (χ2v) is 8.24. The number of rotatable bonds is 10. The summed E-state index contributed by atoms with van der Waals surface area (Å²) in [5.74, 6) is -1.43. The van der Waals surface area contributed by atoms with Gasteiger partial charge in [0, 0.05) is 18.4 Å². The zero-order valence-corrected chi connectivity index (χ0v) is 16.4. The maximum absolute atomic E-state index is 12.0. The van der Waals surface area contributed by atoms with Crippen molar-refractivity contribution in [3.05, 3.63) is 33.9 Å². The summed E-state index contributed by atoms with van der Waals surface area (Å²) >= 11 is 0. The summed E-state index contributed by atoms with van der Waals surface area (Å²) in [7, 11) is -3.83. The van der Waals surface area contributed by atoms with Gasteiger partial charge in [0.1, 0.15) is 4.90 Å². The number of amides is 1. The van der Waals surface area contributed by atoms with Gasteiger partial charge in [-0.05, 0) is 25.5 Å². The number of carbonyl (C=O) groups excluding carboxylic acids is 2. The fourth-order valence-electron chi connectivity index (χ4n) is 2.40. The first-order valence-electron chi connectivity index (χ1n) is 8.51. The number of nitrogens with one attached hydrogen (secondary N) is 1. The van der Waals surface area contributed by atoms with Gasteiger partial charge < -0.3 is 10.1 Å². The van der Waals surface area contributed by atoms with Gasteiger partial charge >= 0.3 is 5.97 Å². The minimum Gasteiger partial charge on any atom is -0.452 e. The lowest BCUT2D eigenvalue weighted by Crippen LogP contribution is -2.35. The van der Waals surface area contributed by atoms with E-state index in [2.05, 4.69) is 12.2 Å². The highest BCUT2D eigenvalue weighted by atomic mass is 32.2. The molecule has 0 aliphatic carbocycles. The van der Waals surface area contributed by atoms with Crippen molar-refractivity contribution in [2.75, 3.05) is 12.9 Å². The molecule has 27 heavy (non-hydrogen) atoms. The molecule has 0 saturated carbocycles. The zero-order chi connectivity index (χ0) is 20.6. The smallest absolute Gasteiger partial charge is 0.338 e. The Morgan fingerprint density at radius 1 is 1.30 bits per heavy atom. The van der Waals surface area contributed by atoms with E-state index in [1.165, 1.54) is 0 Å². The van der Waals surface area contributed by atoms with Gasteiger partial charge in [0.15, 0.2) is 16.4 Å². The van der Waals surface area contributed by atoms with Gasteiger partial charge in [-0.25, -0.2) is 13.2 Å². The number of hydrogen-bond donors (Lipinski definition) is 1. The quantitative estimate of drug-likeness (QED) is 0.275. The van der Waals surface area contributed by atoms with E-state index in [4.69, 9.17) is 4.74 Å². The molecule has 10 heteroatoms. The summed E-state index contributed by atoms with van der Waals surface area (Å²) in [6.45, 7) is 3.40. The first kappa shape index (κ1) is 22.6. The lowest BCUT2D eigenvalue weighted by Gasteiger charge is -2.13. The Labute approximate surface area is 158 Å². The number of nitro benzene ring substituents is 1. The number of carbonyl (C=O) groups is 2. The minimum atomic E-state index is -3.83. The lowest BCUT2D eigenvalue weighted by atomic mass is 10.1. The normalized spacial score (nSPS) is 12.3. The fraction of sp³-hybridized carbons (Fsp3) is 0.529.